The van der Waals surface area contributed by atoms with Gasteiger partial charge in [-0.05, 0) is 37.8 Å². The summed E-state index contributed by atoms with van der Waals surface area (Å²) in [5.74, 6) is 6.47. The summed E-state index contributed by atoms with van der Waals surface area (Å²) in [6.07, 6.45) is 6.71. The molecule has 100 valence electrons. The normalized spacial score (nSPS) is 19.1. The highest BCUT2D eigenvalue weighted by Gasteiger charge is 2.45. The van der Waals surface area contributed by atoms with E-state index in [1.165, 1.54) is 6.42 Å². The van der Waals surface area contributed by atoms with Gasteiger partial charge >= 0.3 is 0 Å². The summed E-state index contributed by atoms with van der Waals surface area (Å²) in [6.45, 7) is 2.58. The van der Waals surface area contributed by atoms with Crippen molar-refractivity contribution in [2.24, 2.45) is 5.84 Å². The first-order chi connectivity index (χ1) is 8.75. The number of hydrazine groups is 1. The van der Waals surface area contributed by atoms with Crippen LogP contribution in [-0.4, -0.2) is 24.3 Å². The quantitative estimate of drug-likeness (QED) is 0.593. The number of nitrogens with two attached hydrogens (primary N) is 1. The van der Waals surface area contributed by atoms with E-state index in [0.29, 0.717) is 6.61 Å². The van der Waals surface area contributed by atoms with Gasteiger partial charge in [0.2, 0.25) is 0 Å². The Morgan fingerprint density at radius 3 is 2.78 bits per heavy atom. The first-order valence-corrected chi connectivity index (χ1v) is 6.35. The Labute approximate surface area is 108 Å². The van der Waals surface area contributed by atoms with E-state index < -0.39 is 0 Å². The van der Waals surface area contributed by atoms with Crippen molar-refractivity contribution in [1.82, 2.24) is 10.4 Å². The second kappa shape index (κ2) is 5.65. The summed E-state index contributed by atoms with van der Waals surface area (Å²) in [5, 5.41) is 0. The Morgan fingerprint density at radius 1 is 1.50 bits per heavy atom. The Hall–Kier alpha value is -1.17. The van der Waals surface area contributed by atoms with E-state index in [-0.39, 0.29) is 11.6 Å². The van der Waals surface area contributed by atoms with Gasteiger partial charge in [0.15, 0.2) is 0 Å². The predicted octanol–water partition coefficient (Wildman–Crippen LogP) is 1.55. The maximum atomic E-state index is 5.70. The van der Waals surface area contributed by atoms with E-state index >= 15 is 0 Å². The maximum Gasteiger partial charge on any atom is 0.137 e. The minimum atomic E-state index is -0.207. The number of aromatic nitrogens is 1. The average Bonchev–Trinajstić information content (AvgIpc) is 2.34. The van der Waals surface area contributed by atoms with E-state index in [1.807, 2.05) is 19.2 Å². The highest BCUT2D eigenvalue weighted by atomic mass is 16.5. The van der Waals surface area contributed by atoms with E-state index in [4.69, 9.17) is 15.3 Å². The van der Waals surface area contributed by atoms with Gasteiger partial charge < -0.3 is 9.47 Å². The number of ether oxygens (including phenoxy) is 2. The molecule has 1 aromatic rings. The Bertz CT molecular complexity index is 388. The first-order valence-electron chi connectivity index (χ1n) is 6.35. The molecule has 0 bridgehead atoms. The largest absolute Gasteiger partial charge is 0.492 e. The molecule has 0 aliphatic heterocycles. The van der Waals surface area contributed by atoms with Crippen LogP contribution in [0.3, 0.4) is 0 Å². The zero-order chi connectivity index (χ0) is 13.0. The maximum absolute atomic E-state index is 5.70. The van der Waals surface area contributed by atoms with E-state index in [1.54, 1.807) is 13.3 Å². The molecule has 1 fully saturated rings. The SMILES string of the molecule is CCOc1cncc(C(NN)C2(OC)CCC2)c1. The molecule has 5 heteroatoms. The third-order valence-electron chi connectivity index (χ3n) is 3.68. The van der Waals surface area contributed by atoms with Gasteiger partial charge in [-0.15, -0.1) is 0 Å². The van der Waals surface area contributed by atoms with Crippen molar-refractivity contribution >= 4 is 0 Å². The molecular weight excluding hydrogens is 230 g/mol. The summed E-state index contributed by atoms with van der Waals surface area (Å²) >= 11 is 0. The molecular formula is C13H21N3O2. The monoisotopic (exact) mass is 251 g/mol. The summed E-state index contributed by atoms with van der Waals surface area (Å²) < 4.78 is 11.1. The lowest BCUT2D eigenvalue weighted by molar-refractivity contribution is -0.0999. The second-order valence-corrected chi connectivity index (χ2v) is 4.61. The van der Waals surface area contributed by atoms with E-state index in [0.717, 1.165) is 24.2 Å². The Balaban J connectivity index is 2.24. The topological polar surface area (TPSA) is 69.4 Å². The number of hydrogen-bond acceptors (Lipinski definition) is 5. The van der Waals surface area contributed by atoms with Crippen molar-refractivity contribution in [3.8, 4) is 5.75 Å². The summed E-state index contributed by atoms with van der Waals surface area (Å²) in [5.41, 5.74) is 3.66. The number of rotatable bonds is 6. The number of pyridine rings is 1. The molecule has 0 saturated heterocycles. The summed E-state index contributed by atoms with van der Waals surface area (Å²) in [7, 11) is 1.74. The number of nitrogens with one attached hydrogen (secondary N) is 1. The minimum absolute atomic E-state index is 0.0517. The molecule has 0 amide bonds. The lowest BCUT2D eigenvalue weighted by Crippen LogP contribution is -2.52. The molecule has 1 unspecified atom stereocenters. The van der Waals surface area contributed by atoms with Crippen LogP contribution in [0.4, 0.5) is 0 Å². The van der Waals surface area contributed by atoms with Crippen LogP contribution in [-0.2, 0) is 4.74 Å². The predicted molar refractivity (Wildman–Crippen MR) is 69.1 cm³/mol. The lowest BCUT2D eigenvalue weighted by Gasteiger charge is -2.46. The van der Waals surface area contributed by atoms with E-state index in [2.05, 4.69) is 10.4 Å². The van der Waals surface area contributed by atoms with Crippen molar-refractivity contribution < 1.29 is 9.47 Å². The minimum Gasteiger partial charge on any atom is -0.492 e. The summed E-state index contributed by atoms with van der Waals surface area (Å²) in [6, 6.07) is 1.92. The molecule has 1 aromatic heterocycles. The Morgan fingerprint density at radius 2 is 2.28 bits per heavy atom. The van der Waals surface area contributed by atoms with Gasteiger partial charge in [0.05, 0.1) is 24.4 Å². The number of nitrogens with zero attached hydrogens (tertiary/aromatic N) is 1. The van der Waals surface area contributed by atoms with Gasteiger partial charge in [0, 0.05) is 13.3 Å². The molecule has 0 aromatic carbocycles. The van der Waals surface area contributed by atoms with Crippen LogP contribution in [0.1, 0.15) is 37.8 Å². The number of methoxy groups -OCH3 is 1. The molecule has 2 rings (SSSR count). The van der Waals surface area contributed by atoms with Crippen LogP contribution >= 0.6 is 0 Å². The highest BCUT2D eigenvalue weighted by Crippen LogP contribution is 2.44. The lowest BCUT2D eigenvalue weighted by atomic mass is 9.72. The van der Waals surface area contributed by atoms with Crippen molar-refractivity contribution in [1.29, 1.82) is 0 Å². The molecule has 0 spiro atoms. The van der Waals surface area contributed by atoms with Crippen LogP contribution in [0, 0.1) is 0 Å². The zero-order valence-electron chi connectivity index (χ0n) is 11.0. The van der Waals surface area contributed by atoms with Crippen molar-refractivity contribution in [3.63, 3.8) is 0 Å². The van der Waals surface area contributed by atoms with Gasteiger partial charge in [-0.3, -0.25) is 16.3 Å². The highest BCUT2D eigenvalue weighted by molar-refractivity contribution is 5.28. The van der Waals surface area contributed by atoms with E-state index in [9.17, 15) is 0 Å². The fourth-order valence-electron chi connectivity index (χ4n) is 2.53. The molecule has 1 aliphatic rings. The third kappa shape index (κ3) is 2.34. The summed E-state index contributed by atoms with van der Waals surface area (Å²) in [4.78, 5) is 4.20. The molecule has 1 atom stereocenters. The standard InChI is InChI=1S/C13H21N3O2/c1-3-18-11-7-10(8-15-9-11)12(16-14)13(17-2)5-4-6-13/h7-9,12,16H,3-6,14H2,1-2H3. The van der Waals surface area contributed by atoms with Crippen molar-refractivity contribution in [2.75, 3.05) is 13.7 Å². The Kier molecular flexibility index (Phi) is 4.16. The van der Waals surface area contributed by atoms with Crippen LogP contribution in [0.2, 0.25) is 0 Å². The second-order valence-electron chi connectivity index (χ2n) is 4.61. The molecule has 1 saturated carbocycles. The van der Waals surface area contributed by atoms with Gasteiger partial charge in [-0.1, -0.05) is 0 Å². The van der Waals surface area contributed by atoms with Crippen molar-refractivity contribution in [2.45, 2.75) is 37.8 Å². The molecule has 0 radical (unpaired) electrons. The smallest absolute Gasteiger partial charge is 0.137 e. The molecule has 1 aliphatic carbocycles. The van der Waals surface area contributed by atoms with Crippen LogP contribution in [0.5, 0.6) is 5.75 Å². The van der Waals surface area contributed by atoms with Crippen LogP contribution in [0.15, 0.2) is 18.5 Å². The molecule has 5 nitrogen and oxygen atoms in total. The fourth-order valence-corrected chi connectivity index (χ4v) is 2.53. The van der Waals surface area contributed by atoms with Gasteiger partial charge in [0.1, 0.15) is 5.75 Å². The average molecular weight is 251 g/mol. The molecule has 18 heavy (non-hydrogen) atoms. The van der Waals surface area contributed by atoms with Gasteiger partial charge in [-0.25, -0.2) is 0 Å². The van der Waals surface area contributed by atoms with Crippen LogP contribution in [0.25, 0.3) is 0 Å². The fraction of sp³-hybridized carbons (Fsp3) is 0.615. The van der Waals surface area contributed by atoms with Crippen LogP contribution < -0.4 is 16.0 Å². The van der Waals surface area contributed by atoms with Gasteiger partial charge in [0.25, 0.3) is 0 Å². The van der Waals surface area contributed by atoms with Gasteiger partial charge in [-0.2, -0.15) is 0 Å². The molecule has 1 heterocycles. The number of hydrogen-bond donors (Lipinski definition) is 2. The first kappa shape index (κ1) is 13.3. The molecule has 3 N–H and O–H groups in total. The third-order valence-corrected chi connectivity index (χ3v) is 3.68. The zero-order valence-corrected chi connectivity index (χ0v) is 11.0. The van der Waals surface area contributed by atoms with Crippen molar-refractivity contribution in [3.05, 3.63) is 24.0 Å².